The number of piperazine rings is 1. The summed E-state index contributed by atoms with van der Waals surface area (Å²) in [6.45, 7) is 16.8. The number of rotatable bonds is 7. The monoisotopic (exact) mass is 299 g/mol. The second kappa shape index (κ2) is 8.71. The molecular weight excluding hydrogens is 266 g/mol. The van der Waals surface area contributed by atoms with Crippen LogP contribution in [0.1, 0.15) is 41.5 Å². The van der Waals surface area contributed by atoms with E-state index in [2.05, 4.69) is 42.8 Å². The van der Waals surface area contributed by atoms with E-state index in [1.165, 1.54) is 0 Å². The lowest BCUT2D eigenvalue weighted by molar-refractivity contribution is -0.125. The van der Waals surface area contributed by atoms with Gasteiger partial charge in [0.2, 0.25) is 5.91 Å². The van der Waals surface area contributed by atoms with Crippen LogP contribution in [0.3, 0.4) is 0 Å². The molecule has 124 valence electrons. The van der Waals surface area contributed by atoms with Crippen molar-refractivity contribution in [1.29, 1.82) is 0 Å². The van der Waals surface area contributed by atoms with Crippen molar-refractivity contribution < 1.29 is 9.53 Å². The second-order valence-corrected chi connectivity index (χ2v) is 6.77. The van der Waals surface area contributed by atoms with Gasteiger partial charge in [-0.15, -0.1) is 0 Å². The molecule has 0 saturated carbocycles. The van der Waals surface area contributed by atoms with Gasteiger partial charge in [-0.05, 0) is 41.5 Å². The van der Waals surface area contributed by atoms with Crippen LogP contribution in [0.25, 0.3) is 0 Å². The van der Waals surface area contributed by atoms with Crippen LogP contribution in [0, 0.1) is 0 Å². The molecule has 21 heavy (non-hydrogen) atoms. The molecule has 1 saturated heterocycles. The molecule has 1 N–H and O–H groups in total. The molecule has 2 atom stereocenters. The lowest BCUT2D eigenvalue weighted by Crippen LogP contribution is -2.59. The highest BCUT2D eigenvalue weighted by Crippen LogP contribution is 2.15. The maximum Gasteiger partial charge on any atom is 0.234 e. The highest BCUT2D eigenvalue weighted by Gasteiger charge is 2.30. The minimum atomic E-state index is 0.125. The van der Waals surface area contributed by atoms with Gasteiger partial charge in [-0.3, -0.25) is 14.6 Å². The first-order valence-electron chi connectivity index (χ1n) is 8.18. The molecule has 0 aliphatic carbocycles. The fourth-order valence-corrected chi connectivity index (χ4v) is 2.91. The summed E-state index contributed by atoms with van der Waals surface area (Å²) in [6.07, 6.45) is 0.292. The molecule has 2 unspecified atom stereocenters. The Labute approximate surface area is 130 Å². The standard InChI is InChI=1S/C16H33N3O2/c1-12(2)17-16(20)11-19-14(5)9-18(10-15(19)6)7-8-21-13(3)4/h12-15H,7-11H2,1-6H3,(H,17,20). The lowest BCUT2D eigenvalue weighted by Gasteiger charge is -2.44. The summed E-state index contributed by atoms with van der Waals surface area (Å²) in [5, 5.41) is 2.97. The van der Waals surface area contributed by atoms with E-state index in [4.69, 9.17) is 4.74 Å². The maximum absolute atomic E-state index is 12.0. The molecule has 1 aliphatic rings. The van der Waals surface area contributed by atoms with Gasteiger partial charge in [0.05, 0.1) is 19.3 Å². The quantitative estimate of drug-likeness (QED) is 0.770. The van der Waals surface area contributed by atoms with Crippen LogP contribution in [-0.4, -0.2) is 72.7 Å². The Morgan fingerprint density at radius 2 is 1.76 bits per heavy atom. The molecule has 5 nitrogen and oxygen atoms in total. The van der Waals surface area contributed by atoms with Crippen LogP contribution < -0.4 is 5.32 Å². The van der Waals surface area contributed by atoms with Crippen molar-refractivity contribution in [2.45, 2.75) is 65.8 Å². The zero-order valence-corrected chi connectivity index (χ0v) is 14.6. The summed E-state index contributed by atoms with van der Waals surface area (Å²) in [5.74, 6) is 0.125. The second-order valence-electron chi connectivity index (χ2n) is 6.77. The van der Waals surface area contributed by atoms with Crippen LogP contribution in [0.5, 0.6) is 0 Å². The van der Waals surface area contributed by atoms with Gasteiger partial charge in [-0.25, -0.2) is 0 Å². The van der Waals surface area contributed by atoms with Gasteiger partial charge >= 0.3 is 0 Å². The first kappa shape index (κ1) is 18.4. The zero-order chi connectivity index (χ0) is 16.0. The van der Waals surface area contributed by atoms with E-state index in [1.54, 1.807) is 0 Å². The average molecular weight is 299 g/mol. The van der Waals surface area contributed by atoms with Crippen molar-refractivity contribution in [1.82, 2.24) is 15.1 Å². The Hall–Kier alpha value is -0.650. The molecule has 1 rings (SSSR count). The third kappa shape index (κ3) is 6.76. The first-order chi connectivity index (χ1) is 9.79. The summed E-state index contributed by atoms with van der Waals surface area (Å²) in [7, 11) is 0. The normalized spacial score (nSPS) is 24.8. The van der Waals surface area contributed by atoms with Crippen LogP contribution in [0.15, 0.2) is 0 Å². The van der Waals surface area contributed by atoms with Crippen LogP contribution in [0.2, 0.25) is 0 Å². The van der Waals surface area contributed by atoms with Gasteiger partial charge in [-0.1, -0.05) is 0 Å². The summed E-state index contributed by atoms with van der Waals surface area (Å²) in [6, 6.07) is 0.994. The van der Waals surface area contributed by atoms with Crippen molar-refractivity contribution in [3.05, 3.63) is 0 Å². The van der Waals surface area contributed by atoms with E-state index in [0.717, 1.165) is 26.2 Å². The van der Waals surface area contributed by atoms with Gasteiger partial charge in [0.1, 0.15) is 0 Å². The van der Waals surface area contributed by atoms with Gasteiger partial charge in [0.15, 0.2) is 0 Å². The molecule has 0 aromatic heterocycles. The van der Waals surface area contributed by atoms with Gasteiger partial charge in [-0.2, -0.15) is 0 Å². The van der Waals surface area contributed by atoms with Crippen molar-refractivity contribution in [3.8, 4) is 0 Å². The molecule has 1 aliphatic heterocycles. The number of carbonyl (C=O) groups excluding carboxylic acids is 1. The molecule has 1 fully saturated rings. The summed E-state index contributed by atoms with van der Waals surface area (Å²) in [5.41, 5.74) is 0. The van der Waals surface area contributed by atoms with Crippen LogP contribution >= 0.6 is 0 Å². The number of nitrogens with zero attached hydrogens (tertiary/aromatic N) is 2. The summed E-state index contributed by atoms with van der Waals surface area (Å²) in [4.78, 5) is 16.7. The zero-order valence-electron chi connectivity index (χ0n) is 14.6. The van der Waals surface area contributed by atoms with E-state index in [0.29, 0.717) is 24.7 Å². The third-order valence-electron chi connectivity index (χ3n) is 3.81. The van der Waals surface area contributed by atoms with Gasteiger partial charge in [0.25, 0.3) is 0 Å². The molecule has 5 heteroatoms. The van der Waals surface area contributed by atoms with E-state index < -0.39 is 0 Å². The molecule has 0 spiro atoms. The Kier molecular flexibility index (Phi) is 7.63. The summed E-state index contributed by atoms with van der Waals surface area (Å²) < 4.78 is 5.63. The predicted octanol–water partition coefficient (Wildman–Crippen LogP) is 1.33. The van der Waals surface area contributed by atoms with Gasteiger partial charge in [0, 0.05) is 37.8 Å². The van der Waals surface area contributed by atoms with E-state index >= 15 is 0 Å². The minimum Gasteiger partial charge on any atom is -0.377 e. The highest BCUT2D eigenvalue weighted by atomic mass is 16.5. The van der Waals surface area contributed by atoms with E-state index in [1.807, 2.05) is 13.8 Å². The predicted molar refractivity (Wildman–Crippen MR) is 86.4 cm³/mol. The Morgan fingerprint density at radius 3 is 2.24 bits per heavy atom. The molecule has 1 heterocycles. The molecule has 0 aromatic rings. The van der Waals surface area contributed by atoms with Crippen LogP contribution in [-0.2, 0) is 9.53 Å². The number of nitrogens with one attached hydrogen (secondary N) is 1. The lowest BCUT2D eigenvalue weighted by atomic mass is 10.1. The molecule has 1 amide bonds. The number of hydrogen-bond acceptors (Lipinski definition) is 4. The molecular formula is C16H33N3O2. The fraction of sp³-hybridized carbons (Fsp3) is 0.938. The highest BCUT2D eigenvalue weighted by molar-refractivity contribution is 5.78. The molecule has 0 aromatic carbocycles. The molecule has 0 bridgehead atoms. The number of hydrogen-bond donors (Lipinski definition) is 1. The smallest absolute Gasteiger partial charge is 0.234 e. The van der Waals surface area contributed by atoms with Crippen molar-refractivity contribution in [3.63, 3.8) is 0 Å². The average Bonchev–Trinajstić information content (AvgIpc) is 2.32. The Morgan fingerprint density at radius 1 is 1.19 bits per heavy atom. The van der Waals surface area contributed by atoms with Crippen molar-refractivity contribution >= 4 is 5.91 Å². The topological polar surface area (TPSA) is 44.8 Å². The largest absolute Gasteiger partial charge is 0.377 e. The molecule has 0 radical (unpaired) electrons. The van der Waals surface area contributed by atoms with E-state index in [9.17, 15) is 4.79 Å². The number of carbonyl (C=O) groups is 1. The minimum absolute atomic E-state index is 0.125. The summed E-state index contributed by atoms with van der Waals surface area (Å²) >= 11 is 0. The Balaban J connectivity index is 2.41. The Bertz CT molecular complexity index is 309. The van der Waals surface area contributed by atoms with Crippen molar-refractivity contribution in [2.24, 2.45) is 0 Å². The van der Waals surface area contributed by atoms with Crippen LogP contribution in [0.4, 0.5) is 0 Å². The van der Waals surface area contributed by atoms with Gasteiger partial charge < -0.3 is 10.1 Å². The third-order valence-corrected chi connectivity index (χ3v) is 3.81. The number of ether oxygens (including phenoxy) is 1. The van der Waals surface area contributed by atoms with Crippen molar-refractivity contribution in [2.75, 3.05) is 32.8 Å². The maximum atomic E-state index is 12.0. The fourth-order valence-electron chi connectivity index (χ4n) is 2.91. The van der Waals surface area contributed by atoms with E-state index in [-0.39, 0.29) is 11.9 Å². The SMILES string of the molecule is CC(C)NC(=O)CN1C(C)CN(CCOC(C)C)CC1C. The number of amides is 1. The first-order valence-corrected chi connectivity index (χ1v) is 8.18.